The Bertz CT molecular complexity index is 871. The van der Waals surface area contributed by atoms with Crippen LogP contribution in [-0.4, -0.2) is 26.0 Å². The number of hydrogen-bond acceptors (Lipinski definition) is 4. The third-order valence-electron chi connectivity index (χ3n) is 4.31. The highest BCUT2D eigenvalue weighted by atomic mass is 16.2. The first-order valence-corrected chi connectivity index (χ1v) is 7.97. The van der Waals surface area contributed by atoms with Crippen molar-refractivity contribution in [3.05, 3.63) is 48.3 Å². The van der Waals surface area contributed by atoms with E-state index >= 15 is 0 Å². The van der Waals surface area contributed by atoms with Gasteiger partial charge >= 0.3 is 6.03 Å². The maximum Gasteiger partial charge on any atom is 0.319 e. The topological polar surface area (TPSA) is 84.7 Å². The number of hydrogen-bond donors (Lipinski definition) is 2. The third kappa shape index (κ3) is 2.92. The number of rotatable bonds is 4. The van der Waals surface area contributed by atoms with Crippen LogP contribution in [0.1, 0.15) is 24.4 Å². The van der Waals surface area contributed by atoms with Crippen molar-refractivity contribution in [2.45, 2.75) is 18.9 Å². The Hall–Kier alpha value is -2.96. The first-order chi connectivity index (χ1) is 11.7. The summed E-state index contributed by atoms with van der Waals surface area (Å²) in [7, 11) is 1.84. The predicted octanol–water partition coefficient (Wildman–Crippen LogP) is 2.64. The number of carbonyl (C=O) groups is 1. The van der Waals surface area contributed by atoms with Crippen molar-refractivity contribution in [2.75, 3.05) is 5.32 Å². The molecule has 1 atom stereocenters. The number of pyridine rings is 1. The first kappa shape index (κ1) is 14.6. The molecule has 2 amide bonds. The number of aryl methyl sites for hydroxylation is 1. The number of carbonyl (C=O) groups excluding carboxylic acids is 1. The first-order valence-electron chi connectivity index (χ1n) is 7.97. The molecule has 0 bridgehead atoms. The number of benzene rings is 1. The molecule has 3 aromatic rings. The molecule has 1 saturated carbocycles. The van der Waals surface area contributed by atoms with Crippen LogP contribution in [0.4, 0.5) is 10.5 Å². The van der Waals surface area contributed by atoms with Crippen LogP contribution in [0.2, 0.25) is 0 Å². The normalized spacial score (nSPS) is 15.2. The van der Waals surface area contributed by atoms with Crippen molar-refractivity contribution in [3.8, 4) is 0 Å². The Kier molecular flexibility index (Phi) is 3.60. The molecule has 1 fully saturated rings. The fourth-order valence-electron chi connectivity index (χ4n) is 2.90. The van der Waals surface area contributed by atoms with Crippen molar-refractivity contribution >= 4 is 22.8 Å². The predicted molar refractivity (Wildman–Crippen MR) is 90.4 cm³/mol. The average molecular weight is 322 g/mol. The van der Waals surface area contributed by atoms with Gasteiger partial charge in [-0.25, -0.2) is 9.48 Å². The van der Waals surface area contributed by atoms with Crippen LogP contribution >= 0.6 is 0 Å². The van der Waals surface area contributed by atoms with Crippen molar-refractivity contribution in [2.24, 2.45) is 13.0 Å². The van der Waals surface area contributed by atoms with E-state index in [0.29, 0.717) is 11.6 Å². The molecule has 0 saturated heterocycles. The fourth-order valence-corrected chi connectivity index (χ4v) is 2.90. The smallest absolute Gasteiger partial charge is 0.319 e. The van der Waals surface area contributed by atoms with Gasteiger partial charge in [0.25, 0.3) is 0 Å². The number of nitrogens with one attached hydrogen (secondary N) is 2. The summed E-state index contributed by atoms with van der Waals surface area (Å²) in [5.41, 5.74) is 3.47. The van der Waals surface area contributed by atoms with E-state index in [4.69, 9.17) is 0 Å². The van der Waals surface area contributed by atoms with Crippen molar-refractivity contribution in [1.29, 1.82) is 0 Å². The largest absolute Gasteiger partial charge is 0.331 e. The summed E-state index contributed by atoms with van der Waals surface area (Å²) in [5, 5.41) is 14.0. The van der Waals surface area contributed by atoms with Crippen molar-refractivity contribution in [3.63, 3.8) is 0 Å². The second-order valence-corrected chi connectivity index (χ2v) is 6.11. The quantitative estimate of drug-likeness (QED) is 0.773. The summed E-state index contributed by atoms with van der Waals surface area (Å²) in [6.07, 6.45) is 5.79. The van der Waals surface area contributed by atoms with Crippen LogP contribution in [0.5, 0.6) is 0 Å². The van der Waals surface area contributed by atoms with Gasteiger partial charge in [-0.05, 0) is 54.7 Å². The minimum atomic E-state index is -0.216. The van der Waals surface area contributed by atoms with Crippen LogP contribution in [0.3, 0.4) is 0 Å². The molecule has 24 heavy (non-hydrogen) atoms. The van der Waals surface area contributed by atoms with E-state index in [1.54, 1.807) is 17.1 Å². The molecule has 0 spiro atoms. The van der Waals surface area contributed by atoms with Gasteiger partial charge in [-0.2, -0.15) is 0 Å². The van der Waals surface area contributed by atoms with Gasteiger partial charge in [0.05, 0.1) is 11.6 Å². The Labute approximate surface area is 139 Å². The Morgan fingerprint density at radius 1 is 1.25 bits per heavy atom. The maximum absolute atomic E-state index is 12.4. The number of fused-ring (bicyclic) bond motifs is 1. The highest BCUT2D eigenvalue weighted by Crippen LogP contribution is 2.40. The van der Waals surface area contributed by atoms with Crippen molar-refractivity contribution in [1.82, 2.24) is 25.3 Å². The van der Waals surface area contributed by atoms with Gasteiger partial charge < -0.3 is 10.6 Å². The summed E-state index contributed by atoms with van der Waals surface area (Å²) in [6.45, 7) is 0. The molecule has 2 aromatic heterocycles. The van der Waals surface area contributed by atoms with E-state index < -0.39 is 0 Å². The highest BCUT2D eigenvalue weighted by molar-refractivity contribution is 5.92. The molecule has 1 aromatic carbocycles. The minimum Gasteiger partial charge on any atom is -0.331 e. The molecule has 1 aliphatic rings. The monoisotopic (exact) mass is 322 g/mol. The van der Waals surface area contributed by atoms with Crippen LogP contribution in [0.25, 0.3) is 11.0 Å². The lowest BCUT2D eigenvalue weighted by atomic mass is 10.0. The minimum absolute atomic E-state index is 0.0215. The molecular weight excluding hydrogens is 304 g/mol. The third-order valence-corrected chi connectivity index (χ3v) is 4.31. The van der Waals surface area contributed by atoms with Gasteiger partial charge in [0, 0.05) is 25.1 Å². The molecule has 2 N–H and O–H groups in total. The molecule has 2 heterocycles. The number of amides is 2. The van der Waals surface area contributed by atoms with E-state index in [-0.39, 0.29) is 12.1 Å². The van der Waals surface area contributed by atoms with E-state index in [1.165, 1.54) is 0 Å². The van der Waals surface area contributed by atoms with Crippen LogP contribution < -0.4 is 10.6 Å². The van der Waals surface area contributed by atoms with E-state index in [1.807, 2.05) is 37.4 Å². The zero-order valence-corrected chi connectivity index (χ0v) is 13.3. The van der Waals surface area contributed by atoms with Crippen molar-refractivity contribution < 1.29 is 4.79 Å². The SMILES string of the molecule is Cn1nnc2cc(NC(=O)NC(c3ccncc3)C3CC3)ccc21. The van der Waals surface area contributed by atoms with E-state index in [2.05, 4.69) is 25.9 Å². The van der Waals surface area contributed by atoms with Crippen LogP contribution in [0.15, 0.2) is 42.7 Å². The average Bonchev–Trinajstić information content (AvgIpc) is 3.37. The lowest BCUT2D eigenvalue weighted by Gasteiger charge is -2.19. The summed E-state index contributed by atoms with van der Waals surface area (Å²) < 4.78 is 1.70. The fraction of sp³-hybridized carbons (Fsp3) is 0.294. The molecule has 0 radical (unpaired) electrons. The zero-order valence-electron chi connectivity index (χ0n) is 13.3. The number of anilines is 1. The maximum atomic E-state index is 12.4. The summed E-state index contributed by atoms with van der Waals surface area (Å²) in [5.74, 6) is 0.501. The summed E-state index contributed by atoms with van der Waals surface area (Å²) >= 11 is 0. The number of aromatic nitrogens is 4. The molecule has 7 nitrogen and oxygen atoms in total. The highest BCUT2D eigenvalue weighted by Gasteiger charge is 2.33. The molecule has 122 valence electrons. The second-order valence-electron chi connectivity index (χ2n) is 6.11. The number of urea groups is 1. The molecule has 4 rings (SSSR count). The summed E-state index contributed by atoms with van der Waals surface area (Å²) in [6, 6.07) is 9.28. The Balaban J connectivity index is 1.48. The van der Waals surface area contributed by atoms with Gasteiger partial charge in [0.2, 0.25) is 0 Å². The van der Waals surface area contributed by atoms with Gasteiger partial charge in [-0.1, -0.05) is 5.21 Å². The standard InChI is InChI=1S/C17H18N6O/c1-23-15-5-4-13(10-14(15)21-22-23)19-17(24)20-16(11-2-3-11)12-6-8-18-9-7-12/h4-11,16H,2-3H2,1H3,(H2,19,20,24). The Morgan fingerprint density at radius 3 is 2.79 bits per heavy atom. The second kappa shape index (κ2) is 5.92. The lowest BCUT2D eigenvalue weighted by molar-refractivity contribution is 0.247. The Morgan fingerprint density at radius 2 is 2.04 bits per heavy atom. The number of nitrogens with zero attached hydrogens (tertiary/aromatic N) is 4. The zero-order chi connectivity index (χ0) is 16.5. The van der Waals surface area contributed by atoms with Gasteiger partial charge in [-0.15, -0.1) is 5.10 Å². The molecule has 7 heteroatoms. The molecule has 1 aliphatic carbocycles. The van der Waals surface area contributed by atoms with Gasteiger partial charge in [-0.3, -0.25) is 4.98 Å². The summed E-state index contributed by atoms with van der Waals surface area (Å²) in [4.78, 5) is 16.4. The van der Waals surface area contributed by atoms with Crippen LogP contribution in [0, 0.1) is 5.92 Å². The van der Waals surface area contributed by atoms with Gasteiger partial charge in [0.15, 0.2) is 0 Å². The van der Waals surface area contributed by atoms with E-state index in [9.17, 15) is 4.79 Å². The van der Waals surface area contributed by atoms with Crippen LogP contribution in [-0.2, 0) is 7.05 Å². The lowest BCUT2D eigenvalue weighted by Crippen LogP contribution is -2.33. The molecule has 1 unspecified atom stereocenters. The molecule has 0 aliphatic heterocycles. The van der Waals surface area contributed by atoms with Gasteiger partial charge in [0.1, 0.15) is 5.52 Å². The van der Waals surface area contributed by atoms with E-state index in [0.717, 1.165) is 29.4 Å². The molecular formula is C17H18N6O.